The topological polar surface area (TPSA) is 20.2 Å². The summed E-state index contributed by atoms with van der Waals surface area (Å²) in [7, 11) is 0. The molecule has 0 aliphatic heterocycles. The molecule has 0 bridgehead atoms. The average molecular weight is 222 g/mol. The molecular formula is C15H26O. The van der Waals surface area contributed by atoms with Gasteiger partial charge in [0.2, 0.25) is 0 Å². The van der Waals surface area contributed by atoms with Crippen molar-refractivity contribution in [3.63, 3.8) is 0 Å². The van der Waals surface area contributed by atoms with Gasteiger partial charge in [-0.25, -0.2) is 0 Å². The van der Waals surface area contributed by atoms with Crippen molar-refractivity contribution in [3.8, 4) is 0 Å². The van der Waals surface area contributed by atoms with Crippen LogP contribution in [0.4, 0.5) is 0 Å². The minimum Gasteiger partial charge on any atom is -0.389 e. The molecule has 0 spiro atoms. The quantitative estimate of drug-likeness (QED) is 0.508. The second-order valence-electron chi connectivity index (χ2n) is 5.41. The molecule has 0 aromatic heterocycles. The van der Waals surface area contributed by atoms with Crippen LogP contribution in [0.3, 0.4) is 0 Å². The summed E-state index contributed by atoms with van der Waals surface area (Å²) in [6.07, 6.45) is 7.54. The van der Waals surface area contributed by atoms with Gasteiger partial charge in [-0.05, 0) is 31.1 Å². The van der Waals surface area contributed by atoms with Crippen LogP contribution in [-0.2, 0) is 0 Å². The highest BCUT2D eigenvalue weighted by Gasteiger charge is 2.17. The number of hydrogen-bond donors (Lipinski definition) is 1. The first-order valence-corrected chi connectivity index (χ1v) is 5.94. The number of hydrogen-bond acceptors (Lipinski definition) is 1. The predicted molar refractivity (Wildman–Crippen MR) is 72.3 cm³/mol. The molecule has 16 heavy (non-hydrogen) atoms. The molecule has 0 aromatic carbocycles. The zero-order chi connectivity index (χ0) is 12.8. The normalized spacial score (nSPS) is 16.1. The average Bonchev–Trinajstić information content (AvgIpc) is 2.22. The monoisotopic (exact) mass is 222 g/mol. The Labute approximate surface area is 101 Å². The van der Waals surface area contributed by atoms with Gasteiger partial charge in [0.05, 0.1) is 6.10 Å². The van der Waals surface area contributed by atoms with Crippen LogP contribution in [0.1, 0.15) is 40.5 Å². The van der Waals surface area contributed by atoms with Crippen molar-refractivity contribution in [2.24, 2.45) is 11.3 Å². The van der Waals surface area contributed by atoms with Gasteiger partial charge in [-0.15, -0.1) is 6.58 Å². The summed E-state index contributed by atoms with van der Waals surface area (Å²) in [5.41, 5.74) is 1.24. The Bertz CT molecular complexity index is 261. The predicted octanol–water partition coefficient (Wildman–Crippen LogP) is 4.11. The fourth-order valence-electron chi connectivity index (χ4n) is 1.45. The number of aliphatic hydroxyl groups is 1. The molecule has 0 heterocycles. The van der Waals surface area contributed by atoms with Gasteiger partial charge in [-0.2, -0.15) is 0 Å². The Hall–Kier alpha value is -0.820. The van der Waals surface area contributed by atoms with Gasteiger partial charge in [0.25, 0.3) is 0 Å². The van der Waals surface area contributed by atoms with Crippen molar-refractivity contribution in [3.05, 3.63) is 37.0 Å². The Morgan fingerprint density at radius 3 is 2.44 bits per heavy atom. The summed E-state index contributed by atoms with van der Waals surface area (Å²) in [4.78, 5) is 0. The van der Waals surface area contributed by atoms with Gasteiger partial charge in [0, 0.05) is 0 Å². The second kappa shape index (κ2) is 6.70. The minimum atomic E-state index is -0.388. The van der Waals surface area contributed by atoms with Crippen LogP contribution in [0.25, 0.3) is 0 Å². The van der Waals surface area contributed by atoms with E-state index in [0.29, 0.717) is 0 Å². The minimum absolute atomic E-state index is 0.161. The molecule has 0 saturated carbocycles. The van der Waals surface area contributed by atoms with E-state index < -0.39 is 0 Å². The molecule has 0 aliphatic carbocycles. The highest BCUT2D eigenvalue weighted by atomic mass is 16.3. The first-order chi connectivity index (χ1) is 7.28. The highest BCUT2D eigenvalue weighted by Crippen LogP contribution is 2.27. The summed E-state index contributed by atoms with van der Waals surface area (Å²) in [6, 6.07) is 0. The van der Waals surface area contributed by atoms with Crippen molar-refractivity contribution < 1.29 is 5.11 Å². The van der Waals surface area contributed by atoms with Gasteiger partial charge in [0.1, 0.15) is 0 Å². The molecule has 2 atom stereocenters. The van der Waals surface area contributed by atoms with Crippen LogP contribution in [0.5, 0.6) is 0 Å². The zero-order valence-corrected chi connectivity index (χ0v) is 11.2. The lowest BCUT2D eigenvalue weighted by molar-refractivity contribution is 0.149. The highest BCUT2D eigenvalue weighted by molar-refractivity contribution is 5.13. The third kappa shape index (κ3) is 6.62. The Kier molecular flexibility index (Phi) is 6.35. The van der Waals surface area contributed by atoms with Gasteiger partial charge >= 0.3 is 0 Å². The molecule has 0 saturated heterocycles. The fourth-order valence-corrected chi connectivity index (χ4v) is 1.45. The maximum absolute atomic E-state index is 9.59. The van der Waals surface area contributed by atoms with Gasteiger partial charge in [-0.1, -0.05) is 51.2 Å². The number of aliphatic hydroxyl groups excluding tert-OH is 1. The van der Waals surface area contributed by atoms with Crippen LogP contribution in [-0.4, -0.2) is 11.2 Å². The van der Waals surface area contributed by atoms with Crippen LogP contribution in [0.15, 0.2) is 37.0 Å². The second-order valence-corrected chi connectivity index (χ2v) is 5.41. The first kappa shape index (κ1) is 15.2. The lowest BCUT2D eigenvalue weighted by atomic mass is 9.83. The van der Waals surface area contributed by atoms with Gasteiger partial charge in [-0.3, -0.25) is 0 Å². The van der Waals surface area contributed by atoms with Crippen LogP contribution in [0, 0.1) is 11.3 Å². The molecule has 1 nitrogen and oxygen atoms in total. The summed E-state index contributed by atoms with van der Waals surface area (Å²) in [5.74, 6) is 0.273. The van der Waals surface area contributed by atoms with E-state index in [9.17, 15) is 5.11 Å². The van der Waals surface area contributed by atoms with Gasteiger partial charge < -0.3 is 5.11 Å². The summed E-state index contributed by atoms with van der Waals surface area (Å²) < 4.78 is 0. The number of allylic oxidation sites excluding steroid dienone is 3. The lowest BCUT2D eigenvalue weighted by Crippen LogP contribution is -2.17. The van der Waals surface area contributed by atoms with E-state index in [1.807, 2.05) is 6.92 Å². The maximum atomic E-state index is 9.59. The first-order valence-electron chi connectivity index (χ1n) is 5.94. The van der Waals surface area contributed by atoms with Crippen molar-refractivity contribution >= 4 is 0 Å². The molecule has 0 amide bonds. The third-order valence-electron chi connectivity index (χ3n) is 2.89. The molecule has 0 rings (SSSR count). The number of rotatable bonds is 7. The van der Waals surface area contributed by atoms with E-state index in [2.05, 4.69) is 46.1 Å². The standard InChI is InChI=1S/C15H26O/c1-7-14(16)13(4)9-11-15(5,6)10-8-12(2)3/h7-8,10,13-14,16H,1-2,9,11H2,3-6H3/b10-8+/t13-,14?/m0/s1. The molecular weight excluding hydrogens is 196 g/mol. The zero-order valence-electron chi connectivity index (χ0n) is 11.2. The van der Waals surface area contributed by atoms with E-state index in [1.165, 1.54) is 0 Å². The molecule has 92 valence electrons. The van der Waals surface area contributed by atoms with E-state index >= 15 is 0 Å². The molecule has 1 N–H and O–H groups in total. The molecule has 0 radical (unpaired) electrons. The van der Waals surface area contributed by atoms with E-state index in [4.69, 9.17) is 0 Å². The SMILES string of the molecule is C=CC(O)[C@@H](C)CCC(C)(C)/C=C/C(=C)C. The van der Waals surface area contributed by atoms with E-state index in [-0.39, 0.29) is 17.4 Å². The van der Waals surface area contributed by atoms with E-state index in [1.54, 1.807) is 6.08 Å². The van der Waals surface area contributed by atoms with Crippen molar-refractivity contribution in [2.45, 2.75) is 46.6 Å². The molecule has 1 heteroatoms. The van der Waals surface area contributed by atoms with E-state index in [0.717, 1.165) is 18.4 Å². The van der Waals surface area contributed by atoms with Gasteiger partial charge in [0.15, 0.2) is 0 Å². The Balaban J connectivity index is 4.17. The van der Waals surface area contributed by atoms with Crippen molar-refractivity contribution in [1.29, 1.82) is 0 Å². The lowest BCUT2D eigenvalue weighted by Gasteiger charge is -2.24. The largest absolute Gasteiger partial charge is 0.389 e. The fraction of sp³-hybridized carbons (Fsp3) is 0.600. The molecule has 1 unspecified atom stereocenters. The third-order valence-corrected chi connectivity index (χ3v) is 2.89. The van der Waals surface area contributed by atoms with Crippen LogP contribution >= 0.6 is 0 Å². The maximum Gasteiger partial charge on any atom is 0.0743 e. The molecule has 0 aromatic rings. The van der Waals surface area contributed by atoms with Crippen molar-refractivity contribution in [1.82, 2.24) is 0 Å². The molecule has 0 fully saturated rings. The smallest absolute Gasteiger partial charge is 0.0743 e. The Morgan fingerprint density at radius 1 is 1.44 bits per heavy atom. The summed E-state index contributed by atoms with van der Waals surface area (Å²) in [5, 5.41) is 9.59. The summed E-state index contributed by atoms with van der Waals surface area (Å²) >= 11 is 0. The summed E-state index contributed by atoms with van der Waals surface area (Å²) in [6.45, 7) is 15.9. The van der Waals surface area contributed by atoms with Crippen LogP contribution < -0.4 is 0 Å². The van der Waals surface area contributed by atoms with Crippen molar-refractivity contribution in [2.75, 3.05) is 0 Å². The molecule has 0 aliphatic rings. The Morgan fingerprint density at radius 2 is 2.00 bits per heavy atom. The van der Waals surface area contributed by atoms with Crippen LogP contribution in [0.2, 0.25) is 0 Å².